The molecule has 1 aliphatic rings. The number of piperidine rings is 1. The molecule has 0 radical (unpaired) electrons. The van der Waals surface area contributed by atoms with Crippen molar-refractivity contribution in [3.63, 3.8) is 0 Å². The van der Waals surface area contributed by atoms with Crippen molar-refractivity contribution >= 4 is 17.5 Å². The second kappa shape index (κ2) is 13.3. The Labute approximate surface area is 269 Å². The minimum Gasteiger partial charge on any atom is -0.344 e. The molecule has 14 heteroatoms. The summed E-state index contributed by atoms with van der Waals surface area (Å²) in [6, 6.07) is 11.3. The van der Waals surface area contributed by atoms with E-state index in [0.717, 1.165) is 42.7 Å². The van der Waals surface area contributed by atoms with Gasteiger partial charge in [-0.15, -0.1) is 0 Å². The summed E-state index contributed by atoms with van der Waals surface area (Å²) in [5.74, 6) is -0.874. The minimum absolute atomic E-state index is 0.0657. The third-order valence-electron chi connectivity index (χ3n) is 8.48. The van der Waals surface area contributed by atoms with Crippen LogP contribution in [0.5, 0.6) is 0 Å². The van der Waals surface area contributed by atoms with Gasteiger partial charge in [0.25, 0.3) is 11.5 Å². The Bertz CT molecular complexity index is 1880. The average molecular weight is 649 g/mol. The van der Waals surface area contributed by atoms with Crippen LogP contribution in [0, 0.1) is 12.5 Å². The molecule has 1 atom stereocenters. The number of hydrogen-bond donors (Lipinski definition) is 1. The Morgan fingerprint density at radius 1 is 1.09 bits per heavy atom. The smallest absolute Gasteiger partial charge is 0.344 e. The van der Waals surface area contributed by atoms with E-state index in [4.69, 9.17) is 6.57 Å². The number of aromatic nitrogens is 4. The first-order valence-corrected chi connectivity index (χ1v) is 15.1. The lowest BCUT2D eigenvalue weighted by Gasteiger charge is -2.32. The van der Waals surface area contributed by atoms with E-state index < -0.39 is 29.2 Å². The summed E-state index contributed by atoms with van der Waals surface area (Å²) in [6.07, 6.45) is -1.31. The van der Waals surface area contributed by atoms with Crippen molar-refractivity contribution in [1.82, 2.24) is 34.3 Å². The molecule has 4 aromatic rings. The lowest BCUT2D eigenvalue weighted by Crippen LogP contribution is -2.48. The van der Waals surface area contributed by atoms with Crippen molar-refractivity contribution in [2.24, 2.45) is 13.0 Å². The fourth-order valence-corrected chi connectivity index (χ4v) is 5.95. The van der Waals surface area contributed by atoms with Crippen molar-refractivity contribution in [1.29, 1.82) is 0 Å². The zero-order chi connectivity index (χ0) is 34.0. The van der Waals surface area contributed by atoms with Crippen molar-refractivity contribution in [2.45, 2.75) is 32.0 Å². The summed E-state index contributed by atoms with van der Waals surface area (Å²) >= 11 is 0. The van der Waals surface area contributed by atoms with Crippen molar-refractivity contribution in [3.8, 4) is 22.8 Å². The maximum absolute atomic E-state index is 14.1. The van der Waals surface area contributed by atoms with Crippen LogP contribution in [0.1, 0.15) is 35.7 Å². The average Bonchev–Trinajstić information content (AvgIpc) is 3.62. The highest BCUT2D eigenvalue weighted by Gasteiger charge is 2.33. The zero-order valence-electron chi connectivity index (χ0n) is 26.5. The number of nitrogens with one attached hydrogen (secondary N) is 1. The second-order valence-electron chi connectivity index (χ2n) is 11.8. The predicted molar refractivity (Wildman–Crippen MR) is 170 cm³/mol. The first-order chi connectivity index (χ1) is 22.3. The summed E-state index contributed by atoms with van der Waals surface area (Å²) in [6.45, 7) is 11.2. The van der Waals surface area contributed by atoms with Gasteiger partial charge in [-0.2, -0.15) is 18.3 Å². The molecule has 0 saturated carbocycles. The van der Waals surface area contributed by atoms with E-state index in [1.54, 1.807) is 42.3 Å². The van der Waals surface area contributed by atoms with Crippen LogP contribution in [0.25, 0.3) is 27.6 Å². The van der Waals surface area contributed by atoms with Crippen LogP contribution in [0.2, 0.25) is 0 Å². The second-order valence-corrected chi connectivity index (χ2v) is 11.8. The van der Waals surface area contributed by atoms with Crippen LogP contribution in [-0.4, -0.2) is 80.5 Å². The van der Waals surface area contributed by atoms with Gasteiger partial charge in [0.05, 0.1) is 35.4 Å². The van der Waals surface area contributed by atoms with E-state index >= 15 is 0 Å². The number of rotatable bonds is 8. The molecule has 1 aliphatic heterocycles. The molecule has 0 spiro atoms. The quantitative estimate of drug-likeness (QED) is 0.284. The molecular formula is C33H35F3N8O3. The molecule has 3 heterocycles. The largest absolute Gasteiger partial charge is 0.416 e. The molecule has 1 fully saturated rings. The van der Waals surface area contributed by atoms with Crippen LogP contribution in [0.15, 0.2) is 65.6 Å². The molecule has 2 aromatic carbocycles. The third-order valence-corrected chi connectivity index (χ3v) is 8.48. The van der Waals surface area contributed by atoms with Crippen LogP contribution in [0.3, 0.4) is 0 Å². The number of carbonyl (C=O) groups is 2. The number of carbonyl (C=O) groups excluding carboxylic acids is 2. The number of benzene rings is 2. The van der Waals surface area contributed by atoms with Crippen LogP contribution >= 0.6 is 0 Å². The number of halogens is 3. The number of alkyl halides is 3. The van der Waals surface area contributed by atoms with E-state index in [9.17, 15) is 27.6 Å². The van der Waals surface area contributed by atoms with E-state index in [1.807, 2.05) is 0 Å². The van der Waals surface area contributed by atoms with Gasteiger partial charge >= 0.3 is 6.18 Å². The normalized spacial score (nSPS) is 14.9. The Morgan fingerprint density at radius 2 is 1.77 bits per heavy atom. The molecule has 0 unspecified atom stereocenters. The van der Waals surface area contributed by atoms with Crippen LogP contribution in [-0.2, 0) is 18.0 Å². The van der Waals surface area contributed by atoms with Gasteiger partial charge in [-0.3, -0.25) is 19.1 Å². The zero-order valence-corrected chi connectivity index (χ0v) is 26.5. The fraction of sp³-hybridized carbons (Fsp3) is 0.364. The minimum atomic E-state index is -4.67. The number of hydrogen-bond acceptors (Lipinski definition) is 5. The summed E-state index contributed by atoms with van der Waals surface area (Å²) in [5.41, 5.74) is -1.07. The molecular weight excluding hydrogens is 613 g/mol. The topological polar surface area (TPSA) is 102 Å². The van der Waals surface area contributed by atoms with E-state index in [2.05, 4.69) is 27.2 Å². The highest BCUT2D eigenvalue weighted by molar-refractivity contribution is 6.02. The van der Waals surface area contributed by atoms with E-state index in [-0.39, 0.29) is 28.5 Å². The first kappa shape index (κ1) is 33.2. The lowest BCUT2D eigenvalue weighted by atomic mass is 9.96. The Hall–Kier alpha value is -5.16. The molecule has 246 valence electrons. The maximum Gasteiger partial charge on any atom is 0.416 e. The number of likely N-dealkylation sites (tertiary alicyclic amines) is 1. The van der Waals surface area contributed by atoms with Crippen LogP contribution in [0.4, 0.5) is 18.9 Å². The van der Waals surface area contributed by atoms with E-state index in [1.165, 1.54) is 41.7 Å². The molecule has 0 bridgehead atoms. The molecule has 5 rings (SSSR count). The van der Waals surface area contributed by atoms with Gasteiger partial charge in [-0.25, -0.2) is 14.2 Å². The monoisotopic (exact) mass is 648 g/mol. The summed E-state index contributed by atoms with van der Waals surface area (Å²) in [7, 11) is 5.19. The van der Waals surface area contributed by atoms with Crippen molar-refractivity contribution in [2.75, 3.05) is 33.7 Å². The first-order valence-electron chi connectivity index (χ1n) is 15.1. The van der Waals surface area contributed by atoms with E-state index in [0.29, 0.717) is 23.8 Å². The predicted octanol–water partition coefficient (Wildman–Crippen LogP) is 4.52. The summed E-state index contributed by atoms with van der Waals surface area (Å²) in [4.78, 5) is 48.5. The van der Waals surface area contributed by atoms with Gasteiger partial charge in [0.1, 0.15) is 17.3 Å². The summed E-state index contributed by atoms with van der Waals surface area (Å²) in [5, 5.41) is 7.02. The molecule has 1 saturated heterocycles. The number of nitrogens with zero attached hydrogens (tertiary/aromatic N) is 7. The highest BCUT2D eigenvalue weighted by Crippen LogP contribution is 2.31. The van der Waals surface area contributed by atoms with Gasteiger partial charge in [-0.05, 0) is 82.2 Å². The summed E-state index contributed by atoms with van der Waals surface area (Å²) < 4.78 is 44.7. The van der Waals surface area contributed by atoms with Gasteiger partial charge in [0.2, 0.25) is 5.91 Å². The Kier molecular flexibility index (Phi) is 9.39. The molecule has 2 amide bonds. The standard InChI is InChI=1S/C33H35F3N8O3/c1-21(31(46)41(4)20-22-14-17-40(3)18-15-22)39-30(45)28-29(27-13-16-38-43(27)25-11-9-24(37-2)10-12-25)42(5)44(32(28)47)26-8-6-7-23(19-26)33(34,35)36/h6-13,16,19,21-22H,14-15,17-18,20H2,1,3-5H3,(H,39,45)/t21-/m0/s1. The van der Waals surface area contributed by atoms with Crippen molar-refractivity contribution in [3.05, 3.63) is 93.7 Å². The molecule has 1 N–H and O–H groups in total. The van der Waals surface area contributed by atoms with Gasteiger partial charge in [0, 0.05) is 20.6 Å². The molecule has 47 heavy (non-hydrogen) atoms. The number of amides is 2. The SMILES string of the molecule is [C-]#[N+]c1ccc(-n2nccc2-c2c(C(=O)N[C@@H](C)C(=O)N(C)CC3CCN(C)CC3)c(=O)n(-c3cccc(C(F)(F)F)c3)n2C)cc1. The maximum atomic E-state index is 14.1. The van der Waals surface area contributed by atoms with Crippen LogP contribution < -0.4 is 10.9 Å². The highest BCUT2D eigenvalue weighted by atomic mass is 19.4. The lowest BCUT2D eigenvalue weighted by molar-refractivity contribution is -0.137. The molecule has 11 nitrogen and oxygen atoms in total. The third kappa shape index (κ3) is 6.85. The Balaban J connectivity index is 1.55. The number of likely N-dealkylation sites (N-methyl/N-ethyl adjacent to an activating group) is 1. The molecule has 2 aromatic heterocycles. The van der Waals surface area contributed by atoms with Gasteiger partial charge in [0.15, 0.2) is 5.69 Å². The molecule has 0 aliphatic carbocycles. The Morgan fingerprint density at radius 3 is 2.40 bits per heavy atom. The van der Waals surface area contributed by atoms with Crippen molar-refractivity contribution < 1.29 is 22.8 Å². The fourth-order valence-electron chi connectivity index (χ4n) is 5.95. The van der Waals surface area contributed by atoms with Gasteiger partial charge < -0.3 is 15.1 Å². The van der Waals surface area contributed by atoms with Gasteiger partial charge in [-0.1, -0.05) is 18.2 Å².